The summed E-state index contributed by atoms with van der Waals surface area (Å²) in [7, 11) is 0. The van der Waals surface area contributed by atoms with Gasteiger partial charge in [0.25, 0.3) is 0 Å². The Morgan fingerprint density at radius 1 is 0.789 bits per heavy atom. The molecule has 2 aromatic rings. The number of carbonyl (C=O) groups is 1. The topological polar surface area (TPSA) is 35.5 Å². The molecule has 1 fully saturated rings. The summed E-state index contributed by atoms with van der Waals surface area (Å²) in [6.45, 7) is 7.58. The lowest BCUT2D eigenvalue weighted by Crippen LogP contribution is -2.13. The van der Waals surface area contributed by atoms with Crippen LogP contribution in [0, 0.1) is 11.8 Å². The second-order valence-electron chi connectivity index (χ2n) is 11.6. The molecule has 0 radical (unpaired) electrons. The summed E-state index contributed by atoms with van der Waals surface area (Å²) in [6, 6.07) is 15.5. The molecule has 0 amide bonds. The Morgan fingerprint density at radius 3 is 2.13 bits per heavy atom. The number of benzene rings is 2. The van der Waals surface area contributed by atoms with Gasteiger partial charge >= 0.3 is 5.97 Å². The third-order valence-corrected chi connectivity index (χ3v) is 8.52. The van der Waals surface area contributed by atoms with Crippen molar-refractivity contribution < 1.29 is 14.3 Å². The Labute approximate surface area is 232 Å². The van der Waals surface area contributed by atoms with Crippen molar-refractivity contribution in [2.75, 3.05) is 6.61 Å². The first-order valence-electron chi connectivity index (χ1n) is 15.6. The average molecular weight is 521 g/mol. The highest BCUT2D eigenvalue weighted by Gasteiger charge is 2.22. The van der Waals surface area contributed by atoms with Gasteiger partial charge < -0.3 is 9.47 Å². The molecule has 0 N–H and O–H groups in total. The van der Waals surface area contributed by atoms with Gasteiger partial charge in [-0.15, -0.1) is 0 Å². The minimum Gasteiger partial charge on any atom is -0.494 e. The highest BCUT2D eigenvalue weighted by atomic mass is 16.5. The second kappa shape index (κ2) is 17.3. The molecule has 0 aromatic heterocycles. The molecule has 0 bridgehead atoms. The smallest absolute Gasteiger partial charge is 0.343 e. The minimum absolute atomic E-state index is 0.325. The SMILES string of the molecule is CCCCCCC[C@H]1CC[C@H](c2ccc(OC(=O)c3ccc(OCCCCC[C@@H](C)CC)cc3)cc2)CC1. The van der Waals surface area contributed by atoms with Crippen LogP contribution in [0.2, 0.25) is 0 Å². The maximum Gasteiger partial charge on any atom is 0.343 e. The van der Waals surface area contributed by atoms with E-state index in [0.29, 0.717) is 17.2 Å². The maximum atomic E-state index is 12.6. The minimum atomic E-state index is -0.325. The first kappa shape index (κ1) is 30.3. The largest absolute Gasteiger partial charge is 0.494 e. The lowest BCUT2D eigenvalue weighted by molar-refractivity contribution is 0.0734. The van der Waals surface area contributed by atoms with Crippen LogP contribution in [0.25, 0.3) is 0 Å². The van der Waals surface area contributed by atoms with Crippen LogP contribution in [0.3, 0.4) is 0 Å². The molecule has 210 valence electrons. The average Bonchev–Trinajstić information content (AvgIpc) is 2.95. The molecule has 0 saturated heterocycles. The van der Waals surface area contributed by atoms with Crippen LogP contribution in [-0.4, -0.2) is 12.6 Å². The molecule has 2 aromatic carbocycles. The van der Waals surface area contributed by atoms with Gasteiger partial charge in [0.1, 0.15) is 11.5 Å². The molecule has 0 unspecified atom stereocenters. The van der Waals surface area contributed by atoms with Crippen molar-refractivity contribution in [2.45, 2.75) is 123 Å². The van der Waals surface area contributed by atoms with E-state index in [1.54, 1.807) is 12.1 Å². The molecule has 3 nitrogen and oxygen atoms in total. The van der Waals surface area contributed by atoms with E-state index in [4.69, 9.17) is 9.47 Å². The van der Waals surface area contributed by atoms with E-state index < -0.39 is 0 Å². The summed E-state index contributed by atoms with van der Waals surface area (Å²) in [6.07, 6.45) is 19.7. The first-order valence-corrected chi connectivity index (χ1v) is 15.6. The van der Waals surface area contributed by atoms with Gasteiger partial charge in [-0.25, -0.2) is 4.79 Å². The molecule has 0 aliphatic heterocycles. The number of carbonyl (C=O) groups excluding carboxylic acids is 1. The van der Waals surface area contributed by atoms with Gasteiger partial charge in [0.2, 0.25) is 0 Å². The normalized spacial score (nSPS) is 18.2. The third kappa shape index (κ3) is 10.8. The Bertz CT molecular complexity index is 894. The fraction of sp³-hybridized carbons (Fsp3) is 0.629. The molecule has 38 heavy (non-hydrogen) atoms. The Kier molecular flexibility index (Phi) is 13.8. The van der Waals surface area contributed by atoms with Gasteiger partial charge in [-0.3, -0.25) is 0 Å². The van der Waals surface area contributed by atoms with Gasteiger partial charge in [-0.2, -0.15) is 0 Å². The summed E-state index contributed by atoms with van der Waals surface area (Å²) in [5, 5.41) is 0. The van der Waals surface area contributed by atoms with Gasteiger partial charge in [0.15, 0.2) is 0 Å². The Hall–Kier alpha value is -2.29. The van der Waals surface area contributed by atoms with Gasteiger partial charge in [0.05, 0.1) is 12.2 Å². The number of rotatable bonds is 17. The van der Waals surface area contributed by atoms with E-state index >= 15 is 0 Å². The predicted molar refractivity (Wildman–Crippen MR) is 159 cm³/mol. The highest BCUT2D eigenvalue weighted by molar-refractivity contribution is 5.91. The van der Waals surface area contributed by atoms with Crippen molar-refractivity contribution in [1.82, 2.24) is 0 Å². The van der Waals surface area contributed by atoms with E-state index in [1.807, 2.05) is 24.3 Å². The number of esters is 1. The van der Waals surface area contributed by atoms with Gasteiger partial charge in [0, 0.05) is 0 Å². The molecule has 0 heterocycles. The van der Waals surface area contributed by atoms with Crippen molar-refractivity contribution in [3.63, 3.8) is 0 Å². The quantitative estimate of drug-likeness (QED) is 0.118. The molecular weight excluding hydrogens is 468 g/mol. The van der Waals surface area contributed by atoms with Crippen LogP contribution in [-0.2, 0) is 0 Å². The molecular formula is C35H52O3. The van der Waals surface area contributed by atoms with Crippen LogP contribution >= 0.6 is 0 Å². The van der Waals surface area contributed by atoms with Crippen molar-refractivity contribution in [3.8, 4) is 11.5 Å². The van der Waals surface area contributed by atoms with E-state index in [9.17, 15) is 4.79 Å². The number of ether oxygens (including phenoxy) is 2. The lowest BCUT2D eigenvalue weighted by Gasteiger charge is -2.29. The third-order valence-electron chi connectivity index (χ3n) is 8.52. The predicted octanol–water partition coefficient (Wildman–Crippen LogP) is 10.5. The molecule has 0 spiro atoms. The number of hydrogen-bond donors (Lipinski definition) is 0. The number of unbranched alkanes of at least 4 members (excludes halogenated alkanes) is 6. The zero-order chi connectivity index (χ0) is 27.0. The summed E-state index contributed by atoms with van der Waals surface area (Å²) in [4.78, 5) is 12.6. The standard InChI is InChI=1S/C35H52O3/c1-4-6-7-8-11-14-29-15-17-30(18-16-29)31-19-25-34(26-20-31)38-35(36)32-21-23-33(24-22-32)37-27-12-9-10-13-28(3)5-2/h19-26,28-30H,4-18,27H2,1-3H3/t28-,29-,30-/m0/s1. The van der Waals surface area contributed by atoms with Crippen LogP contribution in [0.15, 0.2) is 48.5 Å². The fourth-order valence-corrected chi connectivity index (χ4v) is 5.65. The van der Waals surface area contributed by atoms with Crippen molar-refractivity contribution >= 4 is 5.97 Å². The lowest BCUT2D eigenvalue weighted by atomic mass is 9.77. The monoisotopic (exact) mass is 520 g/mol. The first-order chi connectivity index (χ1) is 18.6. The van der Waals surface area contributed by atoms with E-state index in [0.717, 1.165) is 30.6 Å². The van der Waals surface area contributed by atoms with Gasteiger partial charge in [-0.05, 0) is 91.8 Å². The van der Waals surface area contributed by atoms with Crippen LogP contribution < -0.4 is 9.47 Å². The van der Waals surface area contributed by atoms with Crippen LogP contribution in [0.5, 0.6) is 11.5 Å². The molecule has 1 saturated carbocycles. The van der Waals surface area contributed by atoms with E-state index in [-0.39, 0.29) is 5.97 Å². The molecule has 1 aliphatic rings. The van der Waals surface area contributed by atoms with Crippen LogP contribution in [0.1, 0.15) is 139 Å². The maximum absolute atomic E-state index is 12.6. The molecule has 3 rings (SSSR count). The molecule has 1 aliphatic carbocycles. The number of hydrogen-bond acceptors (Lipinski definition) is 3. The highest BCUT2D eigenvalue weighted by Crippen LogP contribution is 2.38. The van der Waals surface area contributed by atoms with E-state index in [1.165, 1.54) is 95.5 Å². The van der Waals surface area contributed by atoms with Crippen molar-refractivity contribution in [3.05, 3.63) is 59.7 Å². The zero-order valence-electron chi connectivity index (χ0n) is 24.4. The van der Waals surface area contributed by atoms with Crippen LogP contribution in [0.4, 0.5) is 0 Å². The Morgan fingerprint density at radius 2 is 1.45 bits per heavy atom. The van der Waals surface area contributed by atoms with Crippen molar-refractivity contribution in [2.24, 2.45) is 11.8 Å². The summed E-state index contributed by atoms with van der Waals surface area (Å²) in [5.41, 5.74) is 1.93. The van der Waals surface area contributed by atoms with Crippen molar-refractivity contribution in [1.29, 1.82) is 0 Å². The summed E-state index contributed by atoms with van der Waals surface area (Å²) >= 11 is 0. The Balaban J connectivity index is 1.35. The second-order valence-corrected chi connectivity index (χ2v) is 11.6. The zero-order valence-corrected chi connectivity index (χ0v) is 24.4. The van der Waals surface area contributed by atoms with E-state index in [2.05, 4.69) is 32.9 Å². The molecule has 3 heteroatoms. The summed E-state index contributed by atoms with van der Waals surface area (Å²) < 4.78 is 11.5. The van der Waals surface area contributed by atoms with Gasteiger partial charge in [-0.1, -0.05) is 97.1 Å². The summed E-state index contributed by atoms with van der Waals surface area (Å²) in [5.74, 6) is 3.47. The fourth-order valence-electron chi connectivity index (χ4n) is 5.65. The molecule has 1 atom stereocenters.